The maximum Gasteiger partial charge on any atom is 0.270 e. The second-order valence-electron chi connectivity index (χ2n) is 8.51. The van der Waals surface area contributed by atoms with Crippen LogP contribution in [0, 0.1) is 13.7 Å². The molecule has 38 heavy (non-hydrogen) atoms. The van der Waals surface area contributed by atoms with Gasteiger partial charge in [0.15, 0.2) is 0 Å². The molecule has 1 atom stereocenters. The van der Waals surface area contributed by atoms with Crippen LogP contribution >= 0.6 is 22.6 Å². The Morgan fingerprint density at radius 2 is 1.74 bits per heavy atom. The van der Waals surface area contributed by atoms with Gasteiger partial charge in [-0.3, -0.25) is 24.5 Å². The maximum atomic E-state index is 13.6. The van der Waals surface area contributed by atoms with Crippen molar-refractivity contribution in [1.29, 1.82) is 0 Å². The fraction of sp³-hybridized carbons (Fsp3) is 0.160. The number of carbonyl (C=O) groups is 3. The maximum absolute atomic E-state index is 13.6. The number of nitro groups is 1. The SMILES string of the molecule is NS(=O)(=O)c1ccc(CCN(C(=O)c2cccc([N+](=O)[O-])c2)C2CC(=O)N(c3ccc(I)cc3)C2=O)cc1. The highest BCUT2D eigenvalue weighted by molar-refractivity contribution is 14.1. The number of rotatable bonds is 8. The van der Waals surface area contributed by atoms with Crippen molar-refractivity contribution in [2.24, 2.45) is 5.14 Å². The third-order valence-electron chi connectivity index (χ3n) is 6.04. The molecule has 13 heteroatoms. The fourth-order valence-corrected chi connectivity index (χ4v) is 5.01. The number of primary sulfonamides is 1. The number of non-ortho nitro benzene ring substituents is 1. The van der Waals surface area contributed by atoms with E-state index in [1.165, 1.54) is 47.4 Å². The van der Waals surface area contributed by atoms with Gasteiger partial charge >= 0.3 is 0 Å². The topological polar surface area (TPSA) is 161 Å². The number of carbonyl (C=O) groups excluding carboxylic acids is 3. The molecule has 0 radical (unpaired) electrons. The molecule has 2 N–H and O–H groups in total. The summed E-state index contributed by atoms with van der Waals surface area (Å²) in [5, 5.41) is 16.4. The van der Waals surface area contributed by atoms with Crippen LogP contribution in [0.1, 0.15) is 22.3 Å². The first-order valence-electron chi connectivity index (χ1n) is 11.3. The standard InChI is InChI=1S/C25H21IN4O7S/c26-18-6-8-19(9-7-18)29-23(31)15-22(25(29)33)28(24(32)17-2-1-3-20(14-17)30(34)35)13-12-16-4-10-21(11-5-16)38(27,36)37/h1-11,14,22H,12-13,15H2,(H2,27,36,37). The zero-order valence-corrected chi connectivity index (χ0v) is 22.7. The number of nitrogens with zero attached hydrogens (tertiary/aromatic N) is 3. The van der Waals surface area contributed by atoms with Crippen molar-refractivity contribution in [3.63, 3.8) is 0 Å². The van der Waals surface area contributed by atoms with E-state index in [1.807, 2.05) is 0 Å². The number of sulfonamides is 1. The average molecular weight is 648 g/mol. The van der Waals surface area contributed by atoms with Gasteiger partial charge < -0.3 is 4.90 Å². The normalized spacial score (nSPS) is 15.5. The number of hydrogen-bond donors (Lipinski definition) is 1. The number of imide groups is 1. The molecule has 1 aliphatic rings. The van der Waals surface area contributed by atoms with E-state index < -0.39 is 38.7 Å². The largest absolute Gasteiger partial charge is 0.326 e. The van der Waals surface area contributed by atoms with Crippen molar-refractivity contribution < 1.29 is 27.7 Å². The molecule has 3 amide bonds. The Bertz CT molecular complexity index is 1530. The zero-order valence-electron chi connectivity index (χ0n) is 19.7. The molecule has 1 unspecified atom stereocenters. The van der Waals surface area contributed by atoms with E-state index in [2.05, 4.69) is 22.6 Å². The summed E-state index contributed by atoms with van der Waals surface area (Å²) >= 11 is 2.10. The van der Waals surface area contributed by atoms with Crippen LogP contribution in [0.15, 0.2) is 77.7 Å². The molecule has 0 bridgehead atoms. The smallest absolute Gasteiger partial charge is 0.270 e. The number of benzene rings is 3. The van der Waals surface area contributed by atoms with Crippen LogP contribution in [0.3, 0.4) is 0 Å². The summed E-state index contributed by atoms with van der Waals surface area (Å²) in [6, 6.07) is 16.5. The van der Waals surface area contributed by atoms with Crippen LogP contribution in [0.5, 0.6) is 0 Å². The van der Waals surface area contributed by atoms with E-state index in [4.69, 9.17) is 5.14 Å². The van der Waals surface area contributed by atoms with Crippen LogP contribution in [-0.2, 0) is 26.0 Å². The molecule has 0 aromatic heterocycles. The Morgan fingerprint density at radius 1 is 1.08 bits per heavy atom. The second kappa shape index (κ2) is 11.0. The lowest BCUT2D eigenvalue weighted by atomic mass is 10.1. The first-order chi connectivity index (χ1) is 18.0. The summed E-state index contributed by atoms with van der Waals surface area (Å²) in [7, 11) is -3.88. The van der Waals surface area contributed by atoms with Gasteiger partial charge in [0, 0.05) is 27.8 Å². The van der Waals surface area contributed by atoms with Crippen molar-refractivity contribution in [2.75, 3.05) is 11.4 Å². The lowest BCUT2D eigenvalue weighted by Gasteiger charge is -2.28. The van der Waals surface area contributed by atoms with Crippen molar-refractivity contribution in [3.8, 4) is 0 Å². The monoisotopic (exact) mass is 648 g/mol. The molecule has 3 aromatic rings. The first-order valence-corrected chi connectivity index (χ1v) is 13.9. The van der Waals surface area contributed by atoms with Gasteiger partial charge in [0.2, 0.25) is 15.9 Å². The van der Waals surface area contributed by atoms with Gasteiger partial charge in [-0.1, -0.05) is 18.2 Å². The molecule has 0 aliphatic carbocycles. The summed E-state index contributed by atoms with van der Waals surface area (Å²) in [6.07, 6.45) is -0.0388. The highest BCUT2D eigenvalue weighted by atomic mass is 127. The quantitative estimate of drug-likeness (QED) is 0.170. The summed E-state index contributed by atoms with van der Waals surface area (Å²) in [5.74, 6) is -1.71. The summed E-state index contributed by atoms with van der Waals surface area (Å²) < 4.78 is 24.0. The number of hydrogen-bond acceptors (Lipinski definition) is 7. The molecule has 1 saturated heterocycles. The van der Waals surface area contributed by atoms with Gasteiger partial charge in [0.05, 0.1) is 21.9 Å². The highest BCUT2D eigenvalue weighted by Gasteiger charge is 2.44. The van der Waals surface area contributed by atoms with E-state index in [1.54, 1.807) is 24.3 Å². The van der Waals surface area contributed by atoms with Crippen LogP contribution in [0.25, 0.3) is 0 Å². The Hall–Kier alpha value is -3.69. The molecule has 196 valence electrons. The van der Waals surface area contributed by atoms with Crippen LogP contribution in [0.2, 0.25) is 0 Å². The number of anilines is 1. The van der Waals surface area contributed by atoms with Crippen molar-refractivity contribution in [3.05, 3.63) is 97.6 Å². The Labute approximate surface area is 231 Å². The van der Waals surface area contributed by atoms with Gasteiger partial charge in [-0.2, -0.15) is 0 Å². The lowest BCUT2D eigenvalue weighted by molar-refractivity contribution is -0.384. The first kappa shape index (κ1) is 27.3. The molecule has 1 aliphatic heterocycles. The molecule has 1 fully saturated rings. The van der Waals surface area contributed by atoms with E-state index in [0.29, 0.717) is 11.3 Å². The van der Waals surface area contributed by atoms with Gasteiger partial charge in [0.1, 0.15) is 6.04 Å². The average Bonchev–Trinajstić information content (AvgIpc) is 3.17. The molecule has 1 heterocycles. The van der Waals surface area contributed by atoms with Crippen molar-refractivity contribution in [1.82, 2.24) is 4.90 Å². The number of halogens is 1. The number of nitro benzene ring substituents is 1. The zero-order chi connectivity index (χ0) is 27.6. The molecule has 4 rings (SSSR count). The fourth-order valence-electron chi connectivity index (χ4n) is 4.13. The van der Waals surface area contributed by atoms with Crippen molar-refractivity contribution in [2.45, 2.75) is 23.8 Å². The predicted molar refractivity (Wildman–Crippen MR) is 146 cm³/mol. The van der Waals surface area contributed by atoms with Crippen LogP contribution in [0.4, 0.5) is 11.4 Å². The minimum absolute atomic E-state index is 0.00302. The van der Waals surface area contributed by atoms with Crippen molar-refractivity contribution >= 4 is 61.7 Å². The highest BCUT2D eigenvalue weighted by Crippen LogP contribution is 2.28. The lowest BCUT2D eigenvalue weighted by Crippen LogP contribution is -2.46. The van der Waals surface area contributed by atoms with Gasteiger partial charge in [-0.15, -0.1) is 0 Å². The van der Waals surface area contributed by atoms with Crippen LogP contribution < -0.4 is 10.0 Å². The molecule has 3 aromatic carbocycles. The van der Waals surface area contributed by atoms with Gasteiger partial charge in [0.25, 0.3) is 17.5 Å². The third-order valence-corrected chi connectivity index (χ3v) is 7.69. The molecule has 11 nitrogen and oxygen atoms in total. The van der Waals surface area contributed by atoms with Gasteiger partial charge in [-0.05, 0) is 77.0 Å². The third kappa shape index (κ3) is 5.89. The molecular weight excluding hydrogens is 627 g/mol. The van der Waals surface area contributed by atoms with E-state index in [-0.39, 0.29) is 35.5 Å². The Morgan fingerprint density at radius 3 is 2.34 bits per heavy atom. The Kier molecular flexibility index (Phi) is 7.89. The minimum atomic E-state index is -3.88. The van der Waals surface area contributed by atoms with E-state index >= 15 is 0 Å². The second-order valence-corrected chi connectivity index (χ2v) is 11.3. The number of amides is 3. The molecule has 0 saturated carbocycles. The van der Waals surface area contributed by atoms with Gasteiger partial charge in [-0.25, -0.2) is 18.5 Å². The Balaban J connectivity index is 1.65. The molecule has 0 spiro atoms. The number of nitrogens with two attached hydrogens (primary N) is 1. The minimum Gasteiger partial charge on any atom is -0.326 e. The molecular formula is C25H21IN4O7S. The predicted octanol–water partition coefficient (Wildman–Crippen LogP) is 2.86. The van der Waals surface area contributed by atoms with Crippen LogP contribution in [-0.4, -0.2) is 48.5 Å². The summed E-state index contributed by atoms with van der Waals surface area (Å²) in [6.45, 7) is -0.0134. The van der Waals surface area contributed by atoms with E-state index in [9.17, 15) is 32.9 Å². The summed E-state index contributed by atoms with van der Waals surface area (Å²) in [4.78, 5) is 52.7. The summed E-state index contributed by atoms with van der Waals surface area (Å²) in [5.41, 5.74) is 0.741. The van der Waals surface area contributed by atoms with E-state index in [0.717, 1.165) is 14.5 Å².